The predicted molar refractivity (Wildman–Crippen MR) is 84.6 cm³/mol. The number of anilines is 1. The zero-order chi connectivity index (χ0) is 13.7. The lowest BCUT2D eigenvalue weighted by molar-refractivity contribution is 0.373. The number of piperidine rings is 1. The van der Waals surface area contributed by atoms with Gasteiger partial charge in [0.05, 0.1) is 0 Å². The van der Waals surface area contributed by atoms with E-state index in [-0.39, 0.29) is 0 Å². The molecule has 0 bridgehead atoms. The number of nitrogens with zero attached hydrogens (tertiary/aromatic N) is 2. The Morgan fingerprint density at radius 2 is 2.11 bits per heavy atom. The Morgan fingerprint density at radius 1 is 1.37 bits per heavy atom. The van der Waals surface area contributed by atoms with Crippen molar-refractivity contribution in [3.05, 3.63) is 22.8 Å². The lowest BCUT2D eigenvalue weighted by Gasteiger charge is -2.33. The first-order valence-electron chi connectivity index (χ1n) is 7.22. The highest BCUT2D eigenvalue weighted by Crippen LogP contribution is 2.22. The van der Waals surface area contributed by atoms with Gasteiger partial charge in [0.2, 0.25) is 0 Å². The van der Waals surface area contributed by atoms with Gasteiger partial charge in [0.25, 0.3) is 0 Å². The molecule has 0 unspecified atom stereocenters. The second kappa shape index (κ2) is 7.25. The van der Waals surface area contributed by atoms with Gasteiger partial charge in [-0.15, -0.1) is 0 Å². The average Bonchev–Trinajstić information content (AvgIpc) is 2.40. The standard InChI is InChI=1S/C15H24BrN3/c1-12(2)9-17-10-13-5-7-19(8-6-13)15-4-3-14(16)11-18-15/h3-4,11-13,17H,5-10H2,1-2H3. The van der Waals surface area contributed by atoms with Gasteiger partial charge in [0.15, 0.2) is 0 Å². The number of rotatable bonds is 5. The molecule has 0 saturated carbocycles. The van der Waals surface area contributed by atoms with Crippen LogP contribution in [-0.2, 0) is 0 Å². The molecule has 106 valence electrons. The van der Waals surface area contributed by atoms with Crippen LogP contribution in [0.2, 0.25) is 0 Å². The Hall–Kier alpha value is -0.610. The summed E-state index contributed by atoms with van der Waals surface area (Å²) in [6.07, 6.45) is 4.41. The fraction of sp³-hybridized carbons (Fsp3) is 0.667. The molecule has 0 aliphatic carbocycles. The van der Waals surface area contributed by atoms with Gasteiger partial charge in [-0.05, 0) is 65.8 Å². The molecule has 0 amide bonds. The highest BCUT2D eigenvalue weighted by atomic mass is 79.9. The quantitative estimate of drug-likeness (QED) is 0.900. The van der Waals surface area contributed by atoms with Crippen molar-refractivity contribution in [2.45, 2.75) is 26.7 Å². The molecule has 3 nitrogen and oxygen atoms in total. The zero-order valence-corrected chi connectivity index (χ0v) is 13.5. The number of hydrogen-bond acceptors (Lipinski definition) is 3. The molecule has 4 heteroatoms. The van der Waals surface area contributed by atoms with Crippen LogP contribution in [0.1, 0.15) is 26.7 Å². The van der Waals surface area contributed by atoms with Crippen LogP contribution in [0.25, 0.3) is 0 Å². The highest BCUT2D eigenvalue weighted by molar-refractivity contribution is 9.10. The minimum absolute atomic E-state index is 0.743. The first-order valence-corrected chi connectivity index (χ1v) is 8.01. The number of aromatic nitrogens is 1. The van der Waals surface area contributed by atoms with Gasteiger partial charge in [-0.2, -0.15) is 0 Å². The van der Waals surface area contributed by atoms with Gasteiger partial charge in [0.1, 0.15) is 5.82 Å². The Labute approximate surface area is 124 Å². The Balaban J connectivity index is 1.74. The minimum Gasteiger partial charge on any atom is -0.357 e. The minimum atomic E-state index is 0.743. The molecule has 1 aromatic rings. The van der Waals surface area contributed by atoms with E-state index in [0.717, 1.165) is 41.8 Å². The van der Waals surface area contributed by atoms with Crippen molar-refractivity contribution in [3.63, 3.8) is 0 Å². The molecular formula is C15H24BrN3. The Bertz CT molecular complexity index is 369. The number of hydrogen-bond donors (Lipinski definition) is 1. The topological polar surface area (TPSA) is 28.2 Å². The summed E-state index contributed by atoms with van der Waals surface area (Å²) in [5.41, 5.74) is 0. The van der Waals surface area contributed by atoms with Gasteiger partial charge in [0, 0.05) is 23.8 Å². The van der Waals surface area contributed by atoms with Crippen molar-refractivity contribution < 1.29 is 0 Å². The molecule has 2 rings (SSSR count). The summed E-state index contributed by atoms with van der Waals surface area (Å²) in [5.74, 6) is 2.68. The van der Waals surface area contributed by atoms with Crippen LogP contribution in [0.5, 0.6) is 0 Å². The number of pyridine rings is 1. The van der Waals surface area contributed by atoms with E-state index in [4.69, 9.17) is 0 Å². The second-order valence-corrected chi connectivity index (χ2v) is 6.73. The molecule has 1 N–H and O–H groups in total. The van der Waals surface area contributed by atoms with Gasteiger partial charge in [-0.1, -0.05) is 13.8 Å². The fourth-order valence-electron chi connectivity index (χ4n) is 2.50. The summed E-state index contributed by atoms with van der Waals surface area (Å²) in [6, 6.07) is 4.17. The molecule has 2 heterocycles. The van der Waals surface area contributed by atoms with Crippen LogP contribution >= 0.6 is 15.9 Å². The van der Waals surface area contributed by atoms with E-state index in [9.17, 15) is 0 Å². The normalized spacial score (nSPS) is 17.2. The van der Waals surface area contributed by atoms with E-state index < -0.39 is 0 Å². The van der Waals surface area contributed by atoms with Crippen LogP contribution in [0.3, 0.4) is 0 Å². The summed E-state index contributed by atoms with van der Waals surface area (Å²) in [5, 5.41) is 3.58. The summed E-state index contributed by atoms with van der Waals surface area (Å²) in [6.45, 7) is 9.07. The predicted octanol–water partition coefficient (Wildman–Crippen LogP) is 3.31. The molecule has 0 radical (unpaired) electrons. The van der Waals surface area contributed by atoms with Crippen LogP contribution in [0.4, 0.5) is 5.82 Å². The lowest BCUT2D eigenvalue weighted by Crippen LogP contribution is -2.38. The maximum Gasteiger partial charge on any atom is 0.128 e. The molecule has 1 aliphatic heterocycles. The molecule has 1 aromatic heterocycles. The molecule has 0 spiro atoms. The largest absolute Gasteiger partial charge is 0.357 e. The Kier molecular flexibility index (Phi) is 5.64. The van der Waals surface area contributed by atoms with E-state index in [0.29, 0.717) is 0 Å². The third-order valence-electron chi connectivity index (χ3n) is 3.64. The van der Waals surface area contributed by atoms with Gasteiger partial charge in [-0.25, -0.2) is 4.98 Å². The monoisotopic (exact) mass is 325 g/mol. The maximum atomic E-state index is 4.48. The van der Waals surface area contributed by atoms with Crippen molar-refractivity contribution >= 4 is 21.7 Å². The molecule has 0 atom stereocenters. The molecule has 19 heavy (non-hydrogen) atoms. The first-order chi connectivity index (χ1) is 9.15. The van der Waals surface area contributed by atoms with Crippen molar-refractivity contribution in [2.75, 3.05) is 31.1 Å². The second-order valence-electron chi connectivity index (χ2n) is 5.82. The van der Waals surface area contributed by atoms with Crippen molar-refractivity contribution in [1.29, 1.82) is 0 Å². The molecule has 0 aromatic carbocycles. The van der Waals surface area contributed by atoms with Crippen LogP contribution in [-0.4, -0.2) is 31.2 Å². The van der Waals surface area contributed by atoms with Crippen LogP contribution < -0.4 is 10.2 Å². The first kappa shape index (κ1) is 14.8. The highest BCUT2D eigenvalue weighted by Gasteiger charge is 2.19. The zero-order valence-electron chi connectivity index (χ0n) is 11.9. The van der Waals surface area contributed by atoms with Gasteiger partial charge >= 0.3 is 0 Å². The lowest BCUT2D eigenvalue weighted by atomic mass is 9.96. The number of nitrogens with one attached hydrogen (secondary N) is 1. The maximum absolute atomic E-state index is 4.48. The SMILES string of the molecule is CC(C)CNCC1CCN(c2ccc(Br)cn2)CC1. The molecule has 1 aliphatic rings. The summed E-state index contributed by atoms with van der Waals surface area (Å²) in [7, 11) is 0. The van der Waals surface area contributed by atoms with E-state index in [2.05, 4.69) is 57.1 Å². The Morgan fingerprint density at radius 3 is 2.68 bits per heavy atom. The van der Waals surface area contributed by atoms with Crippen molar-refractivity contribution in [3.8, 4) is 0 Å². The fourth-order valence-corrected chi connectivity index (χ4v) is 2.73. The summed E-state index contributed by atoms with van der Waals surface area (Å²) < 4.78 is 1.05. The van der Waals surface area contributed by atoms with Crippen molar-refractivity contribution in [1.82, 2.24) is 10.3 Å². The van der Waals surface area contributed by atoms with Crippen LogP contribution in [0, 0.1) is 11.8 Å². The third kappa shape index (κ3) is 4.77. The third-order valence-corrected chi connectivity index (χ3v) is 4.10. The number of halogens is 1. The average molecular weight is 326 g/mol. The summed E-state index contributed by atoms with van der Waals surface area (Å²) >= 11 is 3.43. The van der Waals surface area contributed by atoms with Gasteiger partial charge < -0.3 is 10.2 Å². The van der Waals surface area contributed by atoms with E-state index in [1.165, 1.54) is 19.4 Å². The van der Waals surface area contributed by atoms with Crippen LogP contribution in [0.15, 0.2) is 22.8 Å². The smallest absolute Gasteiger partial charge is 0.128 e. The van der Waals surface area contributed by atoms with E-state index in [1.807, 2.05) is 6.20 Å². The van der Waals surface area contributed by atoms with E-state index >= 15 is 0 Å². The summed E-state index contributed by atoms with van der Waals surface area (Å²) in [4.78, 5) is 6.87. The van der Waals surface area contributed by atoms with Crippen molar-refractivity contribution in [2.24, 2.45) is 11.8 Å². The molecular weight excluding hydrogens is 302 g/mol. The molecule has 1 fully saturated rings. The van der Waals surface area contributed by atoms with Gasteiger partial charge in [-0.3, -0.25) is 0 Å². The van der Waals surface area contributed by atoms with E-state index in [1.54, 1.807) is 0 Å². The molecule has 1 saturated heterocycles.